The van der Waals surface area contributed by atoms with Crippen molar-refractivity contribution in [2.24, 2.45) is 4.99 Å². The lowest BCUT2D eigenvalue weighted by molar-refractivity contribution is -0.127. The van der Waals surface area contributed by atoms with Crippen molar-refractivity contribution in [1.82, 2.24) is 15.5 Å². The Bertz CT molecular complexity index is 858. The third-order valence-corrected chi connectivity index (χ3v) is 4.96. The number of benzene rings is 1. The van der Waals surface area contributed by atoms with Crippen molar-refractivity contribution in [3.8, 4) is 5.75 Å². The Labute approximate surface area is 183 Å². The fraction of sp³-hybridized carbons (Fsp3) is 0.478. The van der Waals surface area contributed by atoms with Crippen LogP contribution >= 0.6 is 0 Å². The van der Waals surface area contributed by atoms with Gasteiger partial charge in [-0.3, -0.25) is 4.79 Å². The molecule has 1 aromatic heterocycles. The van der Waals surface area contributed by atoms with Crippen LogP contribution in [0.15, 0.2) is 46.0 Å². The van der Waals surface area contributed by atoms with Gasteiger partial charge < -0.3 is 29.4 Å². The Hall–Kier alpha value is -3.00. The van der Waals surface area contributed by atoms with Gasteiger partial charge in [0.05, 0.1) is 32.6 Å². The van der Waals surface area contributed by atoms with Crippen molar-refractivity contribution in [2.75, 3.05) is 40.4 Å². The first-order valence-corrected chi connectivity index (χ1v) is 10.6. The van der Waals surface area contributed by atoms with Crippen LogP contribution < -0.4 is 15.4 Å². The van der Waals surface area contributed by atoms with Crippen molar-refractivity contribution in [3.63, 3.8) is 0 Å². The van der Waals surface area contributed by atoms with Crippen LogP contribution in [-0.4, -0.2) is 63.3 Å². The zero-order valence-electron chi connectivity index (χ0n) is 18.5. The van der Waals surface area contributed by atoms with E-state index in [1.807, 2.05) is 31.2 Å². The van der Waals surface area contributed by atoms with Crippen LogP contribution in [-0.2, 0) is 22.5 Å². The van der Waals surface area contributed by atoms with Crippen molar-refractivity contribution in [1.29, 1.82) is 0 Å². The number of furan rings is 1. The van der Waals surface area contributed by atoms with Gasteiger partial charge in [-0.2, -0.15) is 0 Å². The number of hydrogen-bond donors (Lipinski definition) is 2. The summed E-state index contributed by atoms with van der Waals surface area (Å²) >= 11 is 0. The van der Waals surface area contributed by atoms with Crippen LogP contribution in [0.1, 0.15) is 23.3 Å². The van der Waals surface area contributed by atoms with E-state index < -0.39 is 0 Å². The summed E-state index contributed by atoms with van der Waals surface area (Å²) in [5, 5.41) is 6.39. The number of rotatable bonds is 9. The van der Waals surface area contributed by atoms with E-state index in [4.69, 9.17) is 18.9 Å². The molecule has 1 aromatic carbocycles. The summed E-state index contributed by atoms with van der Waals surface area (Å²) in [5.41, 5.74) is 2.12. The summed E-state index contributed by atoms with van der Waals surface area (Å²) in [4.78, 5) is 18.2. The van der Waals surface area contributed by atoms with Gasteiger partial charge in [0, 0.05) is 39.0 Å². The highest BCUT2D eigenvalue weighted by Crippen LogP contribution is 2.24. The summed E-state index contributed by atoms with van der Waals surface area (Å²) in [6.07, 6.45) is 3.35. The molecule has 0 saturated carbocycles. The number of amides is 1. The van der Waals surface area contributed by atoms with Crippen molar-refractivity contribution >= 4 is 11.9 Å². The molecule has 8 heteroatoms. The van der Waals surface area contributed by atoms with E-state index in [2.05, 4.69) is 16.7 Å². The van der Waals surface area contributed by atoms with Gasteiger partial charge in [0.1, 0.15) is 17.6 Å². The molecule has 168 valence electrons. The maximum Gasteiger partial charge on any atom is 0.241 e. The highest BCUT2D eigenvalue weighted by molar-refractivity contribution is 5.86. The maximum atomic E-state index is 12.0. The Morgan fingerprint density at radius 3 is 2.87 bits per heavy atom. The first-order valence-electron chi connectivity index (χ1n) is 10.6. The minimum absolute atomic E-state index is 0.0267. The molecule has 0 bridgehead atoms. The first kappa shape index (κ1) is 22.7. The third kappa shape index (κ3) is 7.32. The molecule has 8 nitrogen and oxygen atoms in total. The van der Waals surface area contributed by atoms with E-state index >= 15 is 0 Å². The summed E-state index contributed by atoms with van der Waals surface area (Å²) in [7, 11) is 3.46. The van der Waals surface area contributed by atoms with Gasteiger partial charge >= 0.3 is 0 Å². The predicted octanol–water partition coefficient (Wildman–Crippen LogP) is 2.12. The molecule has 0 aliphatic carbocycles. The topological polar surface area (TPSA) is 88.3 Å². The molecule has 3 rings (SSSR count). The van der Waals surface area contributed by atoms with Gasteiger partial charge in [0.15, 0.2) is 5.96 Å². The maximum absolute atomic E-state index is 12.0. The largest absolute Gasteiger partial charge is 0.488 e. The second-order valence-corrected chi connectivity index (χ2v) is 7.78. The number of aliphatic imine (C=N–C) groups is 1. The molecule has 2 aromatic rings. The van der Waals surface area contributed by atoms with Crippen LogP contribution in [0.5, 0.6) is 5.75 Å². The minimum atomic E-state index is -0.0267. The summed E-state index contributed by atoms with van der Waals surface area (Å²) in [6, 6.07) is 9.93. The predicted molar refractivity (Wildman–Crippen MR) is 119 cm³/mol. The fourth-order valence-electron chi connectivity index (χ4n) is 3.10. The second-order valence-electron chi connectivity index (χ2n) is 7.78. The van der Waals surface area contributed by atoms with Crippen LogP contribution in [0.25, 0.3) is 0 Å². The molecule has 1 atom stereocenters. The van der Waals surface area contributed by atoms with Crippen LogP contribution in [0, 0.1) is 6.92 Å². The van der Waals surface area contributed by atoms with E-state index in [0.717, 1.165) is 42.1 Å². The molecule has 2 heterocycles. The molecule has 0 spiro atoms. The van der Waals surface area contributed by atoms with E-state index in [9.17, 15) is 4.79 Å². The van der Waals surface area contributed by atoms with Gasteiger partial charge in [0.25, 0.3) is 0 Å². The molecule has 0 radical (unpaired) electrons. The van der Waals surface area contributed by atoms with E-state index in [1.165, 1.54) is 0 Å². The summed E-state index contributed by atoms with van der Waals surface area (Å²) in [6.45, 7) is 4.61. The average Bonchev–Trinajstić information content (AvgIpc) is 3.44. The lowest BCUT2D eigenvalue weighted by atomic mass is 10.1. The second kappa shape index (κ2) is 11.4. The number of guanidine groups is 1. The average molecular weight is 429 g/mol. The quantitative estimate of drug-likeness (QED) is 0.470. The molecule has 1 amide bonds. The van der Waals surface area contributed by atoms with Gasteiger partial charge in [-0.25, -0.2) is 4.99 Å². The molecule has 31 heavy (non-hydrogen) atoms. The Balaban J connectivity index is 1.66. The number of hydrogen-bond acceptors (Lipinski definition) is 5. The first-order chi connectivity index (χ1) is 15.0. The van der Waals surface area contributed by atoms with Crippen LogP contribution in [0.2, 0.25) is 0 Å². The zero-order valence-corrected chi connectivity index (χ0v) is 18.5. The minimum Gasteiger partial charge on any atom is -0.488 e. The summed E-state index contributed by atoms with van der Waals surface area (Å²) in [5.74, 6) is 2.27. The van der Waals surface area contributed by atoms with E-state index in [-0.39, 0.29) is 18.6 Å². The van der Waals surface area contributed by atoms with Crippen molar-refractivity contribution in [2.45, 2.75) is 32.4 Å². The van der Waals surface area contributed by atoms with E-state index in [1.54, 1.807) is 25.3 Å². The zero-order chi connectivity index (χ0) is 22.1. The summed E-state index contributed by atoms with van der Waals surface area (Å²) < 4.78 is 17.0. The molecular formula is C23H32N4O4. The smallest absolute Gasteiger partial charge is 0.241 e. The number of nitrogens with one attached hydrogen (secondary N) is 2. The number of nitrogens with zero attached hydrogens (tertiary/aromatic N) is 2. The normalized spacial score (nSPS) is 16.2. The molecule has 1 aliphatic heterocycles. The van der Waals surface area contributed by atoms with Gasteiger partial charge in [-0.05, 0) is 30.7 Å². The highest BCUT2D eigenvalue weighted by atomic mass is 16.5. The van der Waals surface area contributed by atoms with Crippen molar-refractivity contribution < 1.29 is 18.7 Å². The van der Waals surface area contributed by atoms with E-state index in [0.29, 0.717) is 25.7 Å². The number of aryl methyl sites for hydroxylation is 1. The molecule has 2 N–H and O–H groups in total. The van der Waals surface area contributed by atoms with Gasteiger partial charge in [0.2, 0.25) is 5.91 Å². The number of ether oxygens (including phenoxy) is 2. The standard InChI is InChI=1S/C23H32N4O4/c1-17-6-7-18(21(13-17)31-20-9-12-29-16-20)14-25-23(26-15-22(28)27(2)3)24-10-8-19-5-4-11-30-19/h4-7,11,13,20H,8-10,12,14-16H2,1-3H3,(H2,24,25,26). The van der Waals surface area contributed by atoms with Gasteiger partial charge in [-0.1, -0.05) is 12.1 Å². The van der Waals surface area contributed by atoms with Crippen LogP contribution in [0.4, 0.5) is 0 Å². The third-order valence-electron chi connectivity index (χ3n) is 4.96. The molecular weight excluding hydrogens is 396 g/mol. The monoisotopic (exact) mass is 428 g/mol. The molecule has 1 unspecified atom stereocenters. The number of carbonyl (C=O) groups is 1. The Kier molecular flexibility index (Phi) is 8.35. The Morgan fingerprint density at radius 2 is 2.16 bits per heavy atom. The number of likely N-dealkylation sites (N-methyl/N-ethyl adjacent to an activating group) is 1. The SMILES string of the molecule is Cc1ccc(CN=C(NCCc2ccco2)NCC(=O)N(C)C)c(OC2CCOC2)c1. The lowest BCUT2D eigenvalue weighted by Gasteiger charge is -2.17. The fourth-order valence-corrected chi connectivity index (χ4v) is 3.10. The lowest BCUT2D eigenvalue weighted by Crippen LogP contribution is -2.43. The molecule has 1 aliphatic rings. The van der Waals surface area contributed by atoms with Gasteiger partial charge in [-0.15, -0.1) is 0 Å². The molecule has 1 fully saturated rings. The highest BCUT2D eigenvalue weighted by Gasteiger charge is 2.18. The number of carbonyl (C=O) groups excluding carboxylic acids is 1. The van der Waals surface area contributed by atoms with Crippen LogP contribution in [0.3, 0.4) is 0 Å². The Morgan fingerprint density at radius 1 is 1.29 bits per heavy atom. The molecule has 1 saturated heterocycles. The van der Waals surface area contributed by atoms with Crippen molar-refractivity contribution in [3.05, 3.63) is 53.5 Å².